The van der Waals surface area contributed by atoms with E-state index in [0.717, 1.165) is 5.56 Å². The highest BCUT2D eigenvalue weighted by Gasteiger charge is 2.32. The highest BCUT2D eigenvalue weighted by atomic mass is 35.5. The molecule has 1 aliphatic heterocycles. The number of carbonyl (C=O) groups excluding carboxylic acids is 2. The van der Waals surface area contributed by atoms with Crippen LogP contribution in [0.5, 0.6) is 0 Å². The largest absolute Gasteiger partial charge is 0.454 e. The summed E-state index contributed by atoms with van der Waals surface area (Å²) in [6.45, 7) is -0.232. The number of ketones is 1. The monoisotopic (exact) mass is 489 g/mol. The summed E-state index contributed by atoms with van der Waals surface area (Å²) in [5.41, 5.74) is 1.78. The van der Waals surface area contributed by atoms with Gasteiger partial charge in [0.2, 0.25) is 0 Å². The van der Waals surface area contributed by atoms with E-state index >= 15 is 0 Å². The van der Waals surface area contributed by atoms with Crippen LogP contribution in [-0.2, 0) is 21.2 Å². The Balaban J connectivity index is 1.55. The Labute approximate surface area is 195 Å². The van der Waals surface area contributed by atoms with Gasteiger partial charge in [0, 0.05) is 17.1 Å². The van der Waals surface area contributed by atoms with Gasteiger partial charge in [-0.1, -0.05) is 53.5 Å². The first-order valence-electron chi connectivity index (χ1n) is 9.63. The molecule has 6 nitrogen and oxygen atoms in total. The fourth-order valence-electron chi connectivity index (χ4n) is 3.46. The molecule has 4 rings (SSSR count). The van der Waals surface area contributed by atoms with Crippen LogP contribution in [0, 0.1) is 0 Å². The molecule has 164 valence electrons. The number of hydrogen-bond donors (Lipinski definition) is 0. The summed E-state index contributed by atoms with van der Waals surface area (Å²) in [5, 5.41) is 0.374. The molecule has 9 heteroatoms. The summed E-state index contributed by atoms with van der Waals surface area (Å²) in [6.07, 6.45) is 0.584. The van der Waals surface area contributed by atoms with E-state index in [1.54, 1.807) is 30.3 Å². The molecule has 0 aromatic heterocycles. The molecule has 1 heterocycles. The van der Waals surface area contributed by atoms with Gasteiger partial charge in [0.05, 0.1) is 16.3 Å². The van der Waals surface area contributed by atoms with E-state index in [0.29, 0.717) is 22.7 Å². The van der Waals surface area contributed by atoms with Crippen LogP contribution >= 0.6 is 23.2 Å². The highest BCUT2D eigenvalue weighted by Crippen LogP contribution is 2.35. The third-order valence-electron chi connectivity index (χ3n) is 5.06. The average molecular weight is 490 g/mol. The maximum absolute atomic E-state index is 13.3. The lowest BCUT2D eigenvalue weighted by Gasteiger charge is -2.20. The van der Waals surface area contributed by atoms with Crippen molar-refractivity contribution in [3.05, 3.63) is 93.5 Å². The average Bonchev–Trinajstić information content (AvgIpc) is 3.22. The molecule has 3 aromatic rings. The lowest BCUT2D eigenvalue weighted by atomic mass is 10.1. The van der Waals surface area contributed by atoms with Gasteiger partial charge in [-0.3, -0.25) is 9.10 Å². The van der Waals surface area contributed by atoms with Crippen molar-refractivity contribution in [3.63, 3.8) is 0 Å². The third kappa shape index (κ3) is 4.37. The van der Waals surface area contributed by atoms with Crippen molar-refractivity contribution in [2.24, 2.45) is 0 Å². The van der Waals surface area contributed by atoms with Crippen molar-refractivity contribution >= 4 is 50.7 Å². The Morgan fingerprint density at radius 3 is 2.50 bits per heavy atom. The smallest absolute Gasteiger partial charge is 0.338 e. The van der Waals surface area contributed by atoms with Gasteiger partial charge in [-0.25, -0.2) is 13.2 Å². The first-order valence-corrected chi connectivity index (χ1v) is 11.8. The quantitative estimate of drug-likeness (QED) is 0.367. The van der Waals surface area contributed by atoms with Crippen LogP contribution in [0.3, 0.4) is 0 Å². The van der Waals surface area contributed by atoms with E-state index in [-0.39, 0.29) is 22.0 Å². The molecule has 0 N–H and O–H groups in total. The molecule has 3 aromatic carbocycles. The zero-order chi connectivity index (χ0) is 22.9. The van der Waals surface area contributed by atoms with E-state index in [2.05, 4.69) is 0 Å². The topological polar surface area (TPSA) is 80.8 Å². The predicted molar refractivity (Wildman–Crippen MR) is 122 cm³/mol. The first-order chi connectivity index (χ1) is 15.3. The number of para-hydroxylation sites is 1. The number of Topliss-reactive ketones (excluding diaryl/α,β-unsaturated/α-hetero) is 1. The molecule has 0 amide bonds. The summed E-state index contributed by atoms with van der Waals surface area (Å²) in [6, 6.07) is 17.3. The lowest BCUT2D eigenvalue weighted by molar-refractivity contribution is 0.0474. The van der Waals surface area contributed by atoms with Crippen molar-refractivity contribution in [3.8, 4) is 0 Å². The van der Waals surface area contributed by atoms with Crippen LogP contribution in [0.4, 0.5) is 5.69 Å². The van der Waals surface area contributed by atoms with Gasteiger partial charge in [0.1, 0.15) is 4.90 Å². The van der Waals surface area contributed by atoms with Gasteiger partial charge in [0.25, 0.3) is 10.0 Å². The van der Waals surface area contributed by atoms with Crippen molar-refractivity contribution in [1.82, 2.24) is 0 Å². The number of esters is 1. The molecule has 0 spiro atoms. The van der Waals surface area contributed by atoms with Crippen LogP contribution < -0.4 is 4.31 Å². The maximum atomic E-state index is 13.3. The molecule has 1 aliphatic rings. The number of carbonyl (C=O) groups is 2. The number of halogens is 2. The molecule has 0 unspecified atom stereocenters. The zero-order valence-electron chi connectivity index (χ0n) is 16.6. The Morgan fingerprint density at radius 2 is 1.72 bits per heavy atom. The second kappa shape index (κ2) is 8.94. The molecule has 0 bridgehead atoms. The third-order valence-corrected chi connectivity index (χ3v) is 7.59. The van der Waals surface area contributed by atoms with Gasteiger partial charge in [0.15, 0.2) is 12.4 Å². The molecule has 32 heavy (non-hydrogen) atoms. The number of anilines is 1. The molecule has 0 atom stereocenters. The van der Waals surface area contributed by atoms with E-state index in [1.165, 1.54) is 28.6 Å². The number of hydrogen-bond acceptors (Lipinski definition) is 5. The fourth-order valence-corrected chi connectivity index (χ4v) is 5.66. The molecule has 0 radical (unpaired) electrons. The molecular formula is C23H17Cl2NO5S. The summed E-state index contributed by atoms with van der Waals surface area (Å²) in [5.74, 6) is -1.27. The van der Waals surface area contributed by atoms with E-state index in [9.17, 15) is 18.0 Å². The van der Waals surface area contributed by atoms with Gasteiger partial charge >= 0.3 is 5.97 Å². The van der Waals surface area contributed by atoms with Crippen LogP contribution in [0.2, 0.25) is 10.0 Å². The van der Waals surface area contributed by atoms with Crippen molar-refractivity contribution in [2.75, 3.05) is 17.5 Å². The van der Waals surface area contributed by atoms with E-state index in [4.69, 9.17) is 27.9 Å². The molecule has 0 aliphatic carbocycles. The Bertz CT molecular complexity index is 1320. The molecular weight excluding hydrogens is 473 g/mol. The SMILES string of the molecule is O=C(COC(=O)c1ccc(Cl)c(S(=O)(=O)N2CCc3ccccc32)c1)c1cccc(Cl)c1. The number of nitrogens with zero attached hydrogens (tertiary/aromatic N) is 1. The Kier molecular flexibility index (Phi) is 6.24. The minimum absolute atomic E-state index is 0.0130. The van der Waals surface area contributed by atoms with Crippen molar-refractivity contribution in [1.29, 1.82) is 0 Å². The molecule has 0 fully saturated rings. The number of fused-ring (bicyclic) bond motifs is 1. The second-order valence-electron chi connectivity index (χ2n) is 7.11. The van der Waals surface area contributed by atoms with Gasteiger partial charge in [-0.05, 0) is 48.4 Å². The van der Waals surface area contributed by atoms with E-state index in [1.807, 2.05) is 12.1 Å². The standard InChI is InChI=1S/C23H17Cl2NO5S/c24-18-6-3-5-16(12-18)21(27)14-31-23(28)17-8-9-19(25)22(13-17)32(29,30)26-11-10-15-4-1-2-7-20(15)26/h1-9,12-13H,10-11,14H2. The van der Waals surface area contributed by atoms with E-state index < -0.39 is 28.4 Å². The summed E-state index contributed by atoms with van der Waals surface area (Å²) in [7, 11) is -4.01. The molecule has 0 saturated heterocycles. The van der Waals surface area contributed by atoms with Crippen LogP contribution in [0.1, 0.15) is 26.3 Å². The lowest BCUT2D eigenvalue weighted by Crippen LogP contribution is -2.29. The van der Waals surface area contributed by atoms with Crippen molar-refractivity contribution < 1.29 is 22.7 Å². The van der Waals surface area contributed by atoms with Crippen LogP contribution in [0.25, 0.3) is 0 Å². The number of sulfonamides is 1. The summed E-state index contributed by atoms with van der Waals surface area (Å²) >= 11 is 12.1. The summed E-state index contributed by atoms with van der Waals surface area (Å²) < 4.78 is 33.0. The number of benzene rings is 3. The minimum Gasteiger partial charge on any atom is -0.454 e. The van der Waals surface area contributed by atoms with Gasteiger partial charge in [-0.15, -0.1) is 0 Å². The van der Waals surface area contributed by atoms with Crippen molar-refractivity contribution in [2.45, 2.75) is 11.3 Å². The highest BCUT2D eigenvalue weighted by molar-refractivity contribution is 7.93. The van der Waals surface area contributed by atoms with Gasteiger partial charge < -0.3 is 4.74 Å². The molecule has 0 saturated carbocycles. The number of rotatable bonds is 6. The predicted octanol–water partition coefficient (Wildman–Crippen LogP) is 4.78. The van der Waals surface area contributed by atoms with Gasteiger partial charge in [-0.2, -0.15) is 0 Å². The minimum atomic E-state index is -4.01. The fraction of sp³-hybridized carbons (Fsp3) is 0.130. The number of ether oxygens (including phenoxy) is 1. The summed E-state index contributed by atoms with van der Waals surface area (Å²) in [4.78, 5) is 24.5. The zero-order valence-corrected chi connectivity index (χ0v) is 19.0. The second-order valence-corrected chi connectivity index (χ2v) is 9.79. The van der Waals surface area contributed by atoms with Crippen LogP contribution in [-0.4, -0.2) is 33.3 Å². The van der Waals surface area contributed by atoms with Crippen LogP contribution in [0.15, 0.2) is 71.6 Å². The first kappa shape index (κ1) is 22.3. The maximum Gasteiger partial charge on any atom is 0.338 e. The Morgan fingerprint density at radius 1 is 0.938 bits per heavy atom. The normalized spacial score (nSPS) is 13.0. The Hall–Kier alpha value is -2.87.